The Morgan fingerprint density at radius 2 is 2.14 bits per heavy atom. The van der Waals surface area contributed by atoms with Gasteiger partial charge in [0.15, 0.2) is 4.32 Å². The van der Waals surface area contributed by atoms with Crippen molar-refractivity contribution < 1.29 is 4.79 Å². The van der Waals surface area contributed by atoms with Crippen LogP contribution in [0.25, 0.3) is 6.08 Å². The fourth-order valence-corrected chi connectivity index (χ4v) is 4.36. The second-order valence-electron chi connectivity index (χ2n) is 4.46. The molecular weight excluding hydrogens is 342 g/mol. The normalized spacial score (nSPS) is 17.0. The minimum atomic E-state index is -0.0972. The molecule has 0 saturated carbocycles. The second-order valence-corrected chi connectivity index (χ2v) is 7.52. The Morgan fingerprint density at radius 3 is 2.81 bits per heavy atom. The molecule has 3 rings (SSSR count). The van der Waals surface area contributed by atoms with Gasteiger partial charge in [0.25, 0.3) is 5.91 Å². The topological polar surface area (TPSA) is 20.3 Å². The lowest BCUT2D eigenvalue weighted by Crippen LogP contribution is -2.27. The zero-order valence-electron chi connectivity index (χ0n) is 11.0. The lowest BCUT2D eigenvalue weighted by atomic mass is 10.2. The molecule has 1 amide bonds. The number of amides is 1. The van der Waals surface area contributed by atoms with E-state index in [0.29, 0.717) is 19.9 Å². The van der Waals surface area contributed by atoms with E-state index >= 15 is 0 Å². The summed E-state index contributed by atoms with van der Waals surface area (Å²) in [7, 11) is 0. The molecule has 1 aromatic heterocycles. The predicted octanol–water partition coefficient (Wildman–Crippen LogP) is 5.12. The number of anilines is 1. The number of hydrogen-bond donors (Lipinski definition) is 0. The van der Waals surface area contributed by atoms with Crippen LogP contribution in [-0.2, 0) is 4.79 Å². The smallest absolute Gasteiger partial charge is 0.268 e. The summed E-state index contributed by atoms with van der Waals surface area (Å²) >= 11 is 14.3. The molecule has 0 bridgehead atoms. The van der Waals surface area contributed by atoms with E-state index in [4.69, 9.17) is 23.8 Å². The van der Waals surface area contributed by atoms with Crippen molar-refractivity contribution in [2.24, 2.45) is 0 Å². The van der Waals surface area contributed by atoms with Gasteiger partial charge >= 0.3 is 0 Å². The van der Waals surface area contributed by atoms with Crippen molar-refractivity contribution in [3.8, 4) is 0 Å². The summed E-state index contributed by atoms with van der Waals surface area (Å²) in [5.41, 5.74) is 1.87. The number of thiophene rings is 1. The molecule has 21 heavy (non-hydrogen) atoms. The number of nitrogens with zero attached hydrogens (tertiary/aromatic N) is 1. The molecular formula is C15H10ClNOS3. The van der Waals surface area contributed by atoms with Crippen LogP contribution in [0.4, 0.5) is 5.69 Å². The van der Waals surface area contributed by atoms with Crippen LogP contribution in [0, 0.1) is 6.92 Å². The standard InChI is InChI=1S/C15H10ClNOS3/c1-9-5-6-20-12(9)8-13-14(18)17(15(19)21-13)11-4-2-3-10(16)7-11/h2-8H,1H3/b13-8-. The predicted molar refractivity (Wildman–Crippen MR) is 96.2 cm³/mol. The summed E-state index contributed by atoms with van der Waals surface area (Å²) in [4.78, 5) is 15.8. The van der Waals surface area contributed by atoms with Gasteiger partial charge in [-0.2, -0.15) is 0 Å². The third kappa shape index (κ3) is 2.92. The lowest BCUT2D eigenvalue weighted by molar-refractivity contribution is -0.113. The highest BCUT2D eigenvalue weighted by Gasteiger charge is 2.33. The molecule has 0 spiro atoms. The SMILES string of the molecule is Cc1ccsc1/C=C1\SC(=S)N(c2cccc(Cl)c2)C1=O. The van der Waals surface area contributed by atoms with Gasteiger partial charge in [-0.15, -0.1) is 11.3 Å². The third-order valence-corrected chi connectivity index (χ3v) is 5.53. The fraction of sp³-hybridized carbons (Fsp3) is 0.0667. The van der Waals surface area contributed by atoms with Crippen molar-refractivity contribution in [3.05, 3.63) is 56.1 Å². The molecule has 0 unspecified atom stereocenters. The van der Waals surface area contributed by atoms with Crippen molar-refractivity contribution >= 4 is 68.9 Å². The van der Waals surface area contributed by atoms with Crippen LogP contribution in [-0.4, -0.2) is 10.2 Å². The number of rotatable bonds is 2. The number of carbonyl (C=O) groups excluding carboxylic acids is 1. The fourth-order valence-electron chi connectivity index (χ4n) is 1.96. The first kappa shape index (κ1) is 14.8. The van der Waals surface area contributed by atoms with E-state index < -0.39 is 0 Å². The van der Waals surface area contributed by atoms with Crippen molar-refractivity contribution in [2.75, 3.05) is 4.90 Å². The summed E-state index contributed by atoms with van der Waals surface area (Å²) in [6, 6.07) is 9.19. The van der Waals surface area contributed by atoms with Crippen molar-refractivity contribution in [1.29, 1.82) is 0 Å². The van der Waals surface area contributed by atoms with Gasteiger partial charge in [0.05, 0.1) is 10.6 Å². The first-order valence-electron chi connectivity index (χ1n) is 6.14. The first-order valence-corrected chi connectivity index (χ1v) is 8.62. The number of hydrogen-bond acceptors (Lipinski definition) is 4. The quantitative estimate of drug-likeness (QED) is 0.553. The van der Waals surface area contributed by atoms with Crippen LogP contribution in [0.15, 0.2) is 40.6 Å². The van der Waals surface area contributed by atoms with Gasteiger partial charge in [-0.3, -0.25) is 9.69 Å². The Hall–Kier alpha value is -1.14. The first-order chi connectivity index (χ1) is 10.1. The zero-order valence-corrected chi connectivity index (χ0v) is 14.2. The van der Waals surface area contributed by atoms with Gasteiger partial charge in [0.1, 0.15) is 0 Å². The van der Waals surface area contributed by atoms with Gasteiger partial charge in [-0.25, -0.2) is 0 Å². The summed E-state index contributed by atoms with van der Waals surface area (Å²) in [6.07, 6.45) is 1.91. The molecule has 2 aromatic rings. The van der Waals surface area contributed by atoms with Crippen LogP contribution in [0.3, 0.4) is 0 Å². The maximum atomic E-state index is 12.6. The maximum Gasteiger partial charge on any atom is 0.270 e. The van der Waals surface area contributed by atoms with E-state index in [2.05, 4.69) is 0 Å². The van der Waals surface area contributed by atoms with Crippen molar-refractivity contribution in [2.45, 2.75) is 6.92 Å². The summed E-state index contributed by atoms with van der Waals surface area (Å²) in [5, 5.41) is 2.60. The van der Waals surface area contributed by atoms with Crippen LogP contribution in [0.1, 0.15) is 10.4 Å². The number of halogens is 1. The van der Waals surface area contributed by atoms with Gasteiger partial charge in [0.2, 0.25) is 0 Å². The lowest BCUT2D eigenvalue weighted by Gasteiger charge is -2.14. The Bertz CT molecular complexity index is 766. The van der Waals surface area contributed by atoms with E-state index in [-0.39, 0.29) is 5.91 Å². The number of carbonyl (C=O) groups is 1. The molecule has 0 radical (unpaired) electrons. The molecule has 1 aromatic carbocycles. The van der Waals surface area contributed by atoms with Crippen LogP contribution < -0.4 is 4.90 Å². The Kier molecular flexibility index (Phi) is 4.17. The van der Waals surface area contributed by atoms with Crippen LogP contribution in [0.2, 0.25) is 5.02 Å². The maximum absolute atomic E-state index is 12.6. The molecule has 1 aliphatic heterocycles. The molecule has 0 aliphatic carbocycles. The highest BCUT2D eigenvalue weighted by molar-refractivity contribution is 8.27. The van der Waals surface area contributed by atoms with E-state index in [1.807, 2.05) is 36.6 Å². The van der Waals surface area contributed by atoms with Gasteiger partial charge in [-0.1, -0.05) is 41.6 Å². The number of benzene rings is 1. The third-order valence-electron chi connectivity index (χ3n) is 3.02. The molecule has 2 nitrogen and oxygen atoms in total. The van der Waals surface area contributed by atoms with Crippen molar-refractivity contribution in [3.63, 3.8) is 0 Å². The van der Waals surface area contributed by atoms with Crippen LogP contribution >= 0.6 is 46.9 Å². The molecule has 1 aliphatic rings. The van der Waals surface area contributed by atoms with Crippen molar-refractivity contribution in [1.82, 2.24) is 0 Å². The summed E-state index contributed by atoms with van der Waals surface area (Å²) in [6.45, 7) is 2.03. The molecule has 1 fully saturated rings. The van der Waals surface area contributed by atoms with Crippen LogP contribution in [0.5, 0.6) is 0 Å². The summed E-state index contributed by atoms with van der Waals surface area (Å²) < 4.78 is 0.530. The minimum Gasteiger partial charge on any atom is -0.268 e. The Labute approximate surface area is 141 Å². The van der Waals surface area contributed by atoms with Gasteiger partial charge < -0.3 is 0 Å². The average Bonchev–Trinajstić information content (AvgIpc) is 2.95. The highest BCUT2D eigenvalue weighted by Crippen LogP contribution is 2.37. The van der Waals surface area contributed by atoms with E-state index in [0.717, 1.165) is 10.4 Å². The van der Waals surface area contributed by atoms with Gasteiger partial charge in [-0.05, 0) is 48.2 Å². The summed E-state index contributed by atoms with van der Waals surface area (Å²) in [5.74, 6) is -0.0972. The molecule has 0 N–H and O–H groups in total. The molecule has 0 atom stereocenters. The number of thioether (sulfide) groups is 1. The monoisotopic (exact) mass is 351 g/mol. The number of thiocarbonyl (C=S) groups is 1. The highest BCUT2D eigenvalue weighted by atomic mass is 35.5. The van der Waals surface area contributed by atoms with E-state index in [1.54, 1.807) is 23.5 Å². The minimum absolute atomic E-state index is 0.0972. The largest absolute Gasteiger partial charge is 0.270 e. The molecule has 2 heterocycles. The Morgan fingerprint density at radius 1 is 1.33 bits per heavy atom. The Balaban J connectivity index is 1.96. The molecule has 6 heteroatoms. The molecule has 1 saturated heterocycles. The zero-order chi connectivity index (χ0) is 15.0. The average molecular weight is 352 g/mol. The second kappa shape index (κ2) is 5.93. The van der Waals surface area contributed by atoms with Gasteiger partial charge in [0, 0.05) is 9.90 Å². The molecule has 106 valence electrons. The van der Waals surface area contributed by atoms with E-state index in [9.17, 15) is 4.79 Å². The van der Waals surface area contributed by atoms with E-state index in [1.165, 1.54) is 16.7 Å². The number of aryl methyl sites for hydroxylation is 1.